The number of amides is 1. The number of aromatic nitrogens is 1. The van der Waals surface area contributed by atoms with Gasteiger partial charge in [0.05, 0.1) is 18.2 Å². The molecule has 0 aliphatic heterocycles. The molecular formula is C18H15FN2O4. The average molecular weight is 342 g/mol. The summed E-state index contributed by atoms with van der Waals surface area (Å²) in [7, 11) is 1.38. The first kappa shape index (κ1) is 16.5. The van der Waals surface area contributed by atoms with E-state index in [1.165, 1.54) is 31.4 Å². The molecule has 2 aromatic carbocycles. The Bertz CT molecular complexity index is 994. The number of methoxy groups -OCH3 is 1. The van der Waals surface area contributed by atoms with Crippen molar-refractivity contribution >= 4 is 22.8 Å². The van der Waals surface area contributed by atoms with Gasteiger partial charge in [-0.25, -0.2) is 9.18 Å². The van der Waals surface area contributed by atoms with Crippen molar-refractivity contribution < 1.29 is 23.8 Å². The van der Waals surface area contributed by atoms with Crippen molar-refractivity contribution in [3.8, 4) is 5.75 Å². The Morgan fingerprint density at radius 2 is 2.00 bits per heavy atom. The summed E-state index contributed by atoms with van der Waals surface area (Å²) in [6, 6.07) is 8.95. The van der Waals surface area contributed by atoms with Crippen LogP contribution in [0, 0.1) is 5.82 Å². The SMILES string of the molecule is COc1ccc(Cn2cc(C(N)=O)c3ccc(C(=O)O)cc32)cc1F. The van der Waals surface area contributed by atoms with Gasteiger partial charge >= 0.3 is 5.97 Å². The van der Waals surface area contributed by atoms with Crippen LogP contribution in [-0.4, -0.2) is 28.7 Å². The Morgan fingerprint density at radius 1 is 1.24 bits per heavy atom. The van der Waals surface area contributed by atoms with Gasteiger partial charge in [-0.3, -0.25) is 4.79 Å². The highest BCUT2D eigenvalue weighted by molar-refractivity contribution is 6.07. The van der Waals surface area contributed by atoms with Gasteiger partial charge in [-0.05, 0) is 29.8 Å². The summed E-state index contributed by atoms with van der Waals surface area (Å²) >= 11 is 0. The molecule has 7 heteroatoms. The zero-order chi connectivity index (χ0) is 18.1. The van der Waals surface area contributed by atoms with E-state index in [1.807, 2.05) is 0 Å². The summed E-state index contributed by atoms with van der Waals surface area (Å²) in [5.74, 6) is -2.07. The van der Waals surface area contributed by atoms with Crippen LogP contribution in [0.15, 0.2) is 42.6 Å². The van der Waals surface area contributed by atoms with Gasteiger partial charge in [0, 0.05) is 23.6 Å². The van der Waals surface area contributed by atoms with Gasteiger partial charge in [0.1, 0.15) is 0 Å². The zero-order valence-corrected chi connectivity index (χ0v) is 13.3. The van der Waals surface area contributed by atoms with Crippen LogP contribution in [-0.2, 0) is 6.54 Å². The molecule has 0 aliphatic rings. The number of nitrogens with two attached hydrogens (primary N) is 1. The van der Waals surface area contributed by atoms with Crippen LogP contribution >= 0.6 is 0 Å². The minimum Gasteiger partial charge on any atom is -0.494 e. The molecule has 0 spiro atoms. The van der Waals surface area contributed by atoms with E-state index in [-0.39, 0.29) is 23.4 Å². The van der Waals surface area contributed by atoms with Gasteiger partial charge in [0.25, 0.3) is 5.91 Å². The molecule has 3 aromatic rings. The average Bonchev–Trinajstić information content (AvgIpc) is 2.93. The molecule has 0 aliphatic carbocycles. The molecule has 0 saturated heterocycles. The van der Waals surface area contributed by atoms with E-state index in [2.05, 4.69) is 0 Å². The van der Waals surface area contributed by atoms with Gasteiger partial charge in [-0.1, -0.05) is 12.1 Å². The summed E-state index contributed by atoms with van der Waals surface area (Å²) in [6.07, 6.45) is 1.54. The number of carbonyl (C=O) groups excluding carboxylic acids is 1. The number of carboxylic acid groups (broad SMARTS) is 1. The number of ether oxygens (including phenoxy) is 1. The third-order valence-electron chi connectivity index (χ3n) is 3.96. The van der Waals surface area contributed by atoms with Gasteiger partial charge in [0.15, 0.2) is 11.6 Å². The molecule has 3 rings (SSSR count). The second kappa shape index (κ2) is 6.27. The van der Waals surface area contributed by atoms with Crippen LogP contribution < -0.4 is 10.5 Å². The molecule has 1 aromatic heterocycles. The fourth-order valence-electron chi connectivity index (χ4n) is 2.76. The maximum Gasteiger partial charge on any atom is 0.335 e. The van der Waals surface area contributed by atoms with Crippen molar-refractivity contribution in [2.75, 3.05) is 7.11 Å². The smallest absolute Gasteiger partial charge is 0.335 e. The molecule has 3 N–H and O–H groups in total. The van der Waals surface area contributed by atoms with Crippen molar-refractivity contribution in [3.63, 3.8) is 0 Å². The number of halogens is 1. The van der Waals surface area contributed by atoms with Crippen LogP contribution in [0.25, 0.3) is 10.9 Å². The minimum atomic E-state index is -1.08. The first-order valence-corrected chi connectivity index (χ1v) is 7.39. The summed E-state index contributed by atoms with van der Waals surface area (Å²) in [6.45, 7) is 0.244. The van der Waals surface area contributed by atoms with Crippen molar-refractivity contribution in [3.05, 3.63) is 65.1 Å². The molecular weight excluding hydrogens is 327 g/mol. The first-order chi connectivity index (χ1) is 11.9. The third-order valence-corrected chi connectivity index (χ3v) is 3.96. The lowest BCUT2D eigenvalue weighted by Gasteiger charge is -2.08. The van der Waals surface area contributed by atoms with E-state index in [0.29, 0.717) is 16.5 Å². The second-order valence-electron chi connectivity index (χ2n) is 5.54. The normalized spacial score (nSPS) is 10.8. The third kappa shape index (κ3) is 3.03. The van der Waals surface area contributed by atoms with Crippen molar-refractivity contribution in [2.24, 2.45) is 5.73 Å². The van der Waals surface area contributed by atoms with E-state index >= 15 is 0 Å². The Labute approximate surface area is 142 Å². The van der Waals surface area contributed by atoms with Gasteiger partial charge in [-0.15, -0.1) is 0 Å². The Kier molecular flexibility index (Phi) is 4.14. The Hall–Kier alpha value is -3.35. The number of rotatable bonds is 5. The van der Waals surface area contributed by atoms with Crippen LogP contribution in [0.5, 0.6) is 5.75 Å². The second-order valence-corrected chi connectivity index (χ2v) is 5.54. The monoisotopic (exact) mass is 342 g/mol. The summed E-state index contributed by atoms with van der Waals surface area (Å²) in [4.78, 5) is 22.9. The number of aromatic carboxylic acids is 1. The highest BCUT2D eigenvalue weighted by atomic mass is 19.1. The van der Waals surface area contributed by atoms with E-state index < -0.39 is 17.7 Å². The first-order valence-electron chi connectivity index (χ1n) is 7.39. The van der Waals surface area contributed by atoms with Gasteiger partial charge in [-0.2, -0.15) is 0 Å². The summed E-state index contributed by atoms with van der Waals surface area (Å²) in [5, 5.41) is 9.72. The predicted octanol–water partition coefficient (Wildman–Crippen LogP) is 2.63. The minimum absolute atomic E-state index is 0.0868. The molecule has 0 bridgehead atoms. The molecule has 1 heterocycles. The summed E-state index contributed by atoms with van der Waals surface area (Å²) < 4.78 is 20.4. The number of benzene rings is 2. The van der Waals surface area contributed by atoms with E-state index in [0.717, 1.165) is 0 Å². The number of fused-ring (bicyclic) bond motifs is 1. The fraction of sp³-hybridized carbons (Fsp3) is 0.111. The van der Waals surface area contributed by atoms with Crippen molar-refractivity contribution in [1.29, 1.82) is 0 Å². The Morgan fingerprint density at radius 3 is 2.60 bits per heavy atom. The van der Waals surface area contributed by atoms with Crippen LogP contribution in [0.1, 0.15) is 26.3 Å². The molecule has 0 radical (unpaired) electrons. The molecule has 0 atom stereocenters. The molecule has 0 unspecified atom stereocenters. The predicted molar refractivity (Wildman–Crippen MR) is 89.5 cm³/mol. The zero-order valence-electron chi connectivity index (χ0n) is 13.3. The quantitative estimate of drug-likeness (QED) is 0.745. The lowest BCUT2D eigenvalue weighted by Crippen LogP contribution is -2.10. The van der Waals surface area contributed by atoms with Crippen LogP contribution in [0.3, 0.4) is 0 Å². The molecule has 128 valence electrons. The van der Waals surface area contributed by atoms with Crippen molar-refractivity contribution in [1.82, 2.24) is 4.57 Å². The molecule has 0 fully saturated rings. The number of hydrogen-bond donors (Lipinski definition) is 2. The van der Waals surface area contributed by atoms with Gasteiger partial charge in [0.2, 0.25) is 0 Å². The molecule has 0 saturated carbocycles. The molecule has 1 amide bonds. The topological polar surface area (TPSA) is 94.5 Å². The lowest BCUT2D eigenvalue weighted by atomic mass is 10.1. The number of carbonyl (C=O) groups is 2. The van der Waals surface area contributed by atoms with E-state index in [1.54, 1.807) is 22.9 Å². The maximum absolute atomic E-state index is 13.9. The number of carboxylic acids is 1. The van der Waals surface area contributed by atoms with Gasteiger partial charge < -0.3 is 20.1 Å². The van der Waals surface area contributed by atoms with Crippen molar-refractivity contribution in [2.45, 2.75) is 6.54 Å². The highest BCUT2D eigenvalue weighted by Gasteiger charge is 2.15. The van der Waals surface area contributed by atoms with Crippen LogP contribution in [0.2, 0.25) is 0 Å². The number of nitrogens with zero attached hydrogens (tertiary/aromatic N) is 1. The highest BCUT2D eigenvalue weighted by Crippen LogP contribution is 2.25. The Balaban J connectivity index is 2.11. The standard InChI is InChI=1S/C18H15FN2O4/c1-25-16-5-2-10(6-14(16)19)8-21-9-13(17(20)22)12-4-3-11(18(23)24)7-15(12)21/h2-7,9H,8H2,1H3,(H2,20,22)(H,23,24). The fourth-order valence-corrected chi connectivity index (χ4v) is 2.76. The van der Waals surface area contributed by atoms with Crippen LogP contribution in [0.4, 0.5) is 4.39 Å². The molecule has 25 heavy (non-hydrogen) atoms. The van der Waals surface area contributed by atoms with E-state index in [9.17, 15) is 19.1 Å². The maximum atomic E-state index is 13.9. The lowest BCUT2D eigenvalue weighted by molar-refractivity contribution is 0.0696. The summed E-state index contributed by atoms with van der Waals surface area (Å²) in [5.41, 5.74) is 6.93. The number of primary amides is 1. The van der Waals surface area contributed by atoms with E-state index in [4.69, 9.17) is 10.5 Å². The molecule has 6 nitrogen and oxygen atoms in total. The number of hydrogen-bond acceptors (Lipinski definition) is 3. The largest absolute Gasteiger partial charge is 0.494 e.